The fraction of sp³-hybridized carbons (Fsp3) is 0.208. The van der Waals surface area contributed by atoms with E-state index in [1.54, 1.807) is 30.3 Å². The van der Waals surface area contributed by atoms with E-state index in [4.69, 9.17) is 11.6 Å². The van der Waals surface area contributed by atoms with Gasteiger partial charge in [-0.05, 0) is 48.0 Å². The minimum absolute atomic E-state index is 0.0483. The van der Waals surface area contributed by atoms with Gasteiger partial charge in [-0.15, -0.1) is 0 Å². The van der Waals surface area contributed by atoms with Crippen molar-refractivity contribution in [3.8, 4) is 0 Å². The largest absolute Gasteiger partial charge is 0.369 e. The minimum atomic E-state index is -3.66. The Morgan fingerprint density at radius 2 is 1.62 bits per heavy atom. The van der Waals surface area contributed by atoms with Gasteiger partial charge in [0.15, 0.2) is 0 Å². The van der Waals surface area contributed by atoms with Gasteiger partial charge in [0.2, 0.25) is 10.0 Å². The summed E-state index contributed by atoms with van der Waals surface area (Å²) in [7, 11) is -3.66. The topological polar surface area (TPSA) is 90.9 Å². The Bertz CT molecular complexity index is 1330. The smallest absolute Gasteiger partial charge is 0.280 e. The quantitative estimate of drug-likeness (QED) is 0.504. The summed E-state index contributed by atoms with van der Waals surface area (Å²) in [6, 6.07) is 17.0. The molecule has 1 fully saturated rings. The van der Waals surface area contributed by atoms with Crippen LogP contribution < -0.4 is 4.90 Å². The van der Waals surface area contributed by atoms with E-state index in [0.717, 1.165) is 10.6 Å². The molecule has 2 amide bonds. The third-order valence-corrected chi connectivity index (χ3v) is 8.19. The summed E-state index contributed by atoms with van der Waals surface area (Å²) in [5.74, 6) is -0.850. The third kappa shape index (κ3) is 4.06. The number of hydrogen-bond acceptors (Lipinski definition) is 6. The molecule has 2 aromatic carbocycles. The van der Waals surface area contributed by atoms with Crippen molar-refractivity contribution >= 4 is 39.1 Å². The van der Waals surface area contributed by atoms with E-state index >= 15 is 0 Å². The fourth-order valence-electron chi connectivity index (χ4n) is 4.22. The number of rotatable bonds is 5. The van der Waals surface area contributed by atoms with E-state index in [-0.39, 0.29) is 22.7 Å². The zero-order valence-corrected chi connectivity index (χ0v) is 19.7. The Hall–Kier alpha value is -3.27. The average molecular weight is 497 g/mol. The van der Waals surface area contributed by atoms with Crippen LogP contribution in [0.4, 0.5) is 5.69 Å². The predicted octanol–water partition coefficient (Wildman–Crippen LogP) is 3.04. The number of aromatic nitrogens is 1. The summed E-state index contributed by atoms with van der Waals surface area (Å²) in [6.45, 7) is 1.89. The van der Waals surface area contributed by atoms with E-state index < -0.39 is 21.8 Å². The highest BCUT2D eigenvalue weighted by Crippen LogP contribution is 2.25. The van der Waals surface area contributed by atoms with E-state index in [2.05, 4.69) is 9.88 Å². The molecule has 34 heavy (non-hydrogen) atoms. The van der Waals surface area contributed by atoms with Crippen LogP contribution >= 0.6 is 11.6 Å². The van der Waals surface area contributed by atoms with Gasteiger partial charge in [0.25, 0.3) is 11.8 Å². The molecule has 5 rings (SSSR count). The molecule has 3 heterocycles. The van der Waals surface area contributed by atoms with Crippen molar-refractivity contribution in [2.24, 2.45) is 0 Å². The Morgan fingerprint density at radius 3 is 2.29 bits per heavy atom. The Morgan fingerprint density at radius 1 is 0.882 bits per heavy atom. The third-order valence-electron chi connectivity index (χ3n) is 6.04. The first kappa shape index (κ1) is 22.5. The summed E-state index contributed by atoms with van der Waals surface area (Å²) in [6.07, 6.45) is 1.47. The number of amides is 2. The highest BCUT2D eigenvalue weighted by Gasteiger charge is 2.36. The van der Waals surface area contributed by atoms with Gasteiger partial charge >= 0.3 is 0 Å². The molecule has 174 valence electrons. The first-order chi connectivity index (χ1) is 16.3. The van der Waals surface area contributed by atoms with Gasteiger partial charge in [-0.1, -0.05) is 29.8 Å². The zero-order chi connectivity index (χ0) is 23.9. The summed E-state index contributed by atoms with van der Waals surface area (Å²) in [5.41, 5.74) is 2.05. The molecular weight excluding hydrogens is 476 g/mol. The van der Waals surface area contributed by atoms with Crippen LogP contribution in [0.2, 0.25) is 5.02 Å². The second kappa shape index (κ2) is 8.83. The number of pyridine rings is 1. The molecule has 0 N–H and O–H groups in total. The predicted molar refractivity (Wildman–Crippen MR) is 127 cm³/mol. The van der Waals surface area contributed by atoms with Crippen LogP contribution in [0, 0.1) is 0 Å². The number of imide groups is 1. The van der Waals surface area contributed by atoms with Crippen molar-refractivity contribution < 1.29 is 18.0 Å². The molecule has 3 aromatic rings. The number of halogens is 1. The Labute approximate surface area is 202 Å². The monoisotopic (exact) mass is 496 g/mol. The highest BCUT2D eigenvalue weighted by atomic mass is 35.5. The lowest BCUT2D eigenvalue weighted by Crippen LogP contribution is -2.48. The van der Waals surface area contributed by atoms with E-state index in [0.29, 0.717) is 36.8 Å². The SMILES string of the molecule is O=C1c2cccnc2C(=O)N1Cc1ccc(S(=O)(=O)N2CCN(c3cccc(Cl)c3)CC2)cc1. The molecule has 2 aliphatic rings. The lowest BCUT2D eigenvalue weighted by Gasteiger charge is -2.35. The number of fused-ring (bicyclic) bond motifs is 1. The maximum atomic E-state index is 13.2. The van der Waals surface area contributed by atoms with Crippen LogP contribution in [-0.2, 0) is 16.6 Å². The van der Waals surface area contributed by atoms with Crippen molar-refractivity contribution in [2.45, 2.75) is 11.4 Å². The summed E-state index contributed by atoms with van der Waals surface area (Å²) in [4.78, 5) is 32.5. The normalized spacial score (nSPS) is 16.7. The zero-order valence-electron chi connectivity index (χ0n) is 18.1. The maximum absolute atomic E-state index is 13.2. The number of carbonyl (C=O) groups is 2. The molecule has 0 radical (unpaired) electrons. The molecule has 0 unspecified atom stereocenters. The fourth-order valence-corrected chi connectivity index (χ4v) is 5.82. The molecule has 0 spiro atoms. The summed E-state index contributed by atoms with van der Waals surface area (Å²) in [5, 5.41) is 0.644. The van der Waals surface area contributed by atoms with Crippen molar-refractivity contribution in [1.82, 2.24) is 14.2 Å². The van der Waals surface area contributed by atoms with Gasteiger partial charge in [-0.2, -0.15) is 4.31 Å². The van der Waals surface area contributed by atoms with Crippen LogP contribution in [0.3, 0.4) is 0 Å². The molecule has 0 bridgehead atoms. The minimum Gasteiger partial charge on any atom is -0.369 e. The molecule has 0 atom stereocenters. The average Bonchev–Trinajstić information content (AvgIpc) is 3.09. The van der Waals surface area contributed by atoms with Crippen LogP contribution in [0.5, 0.6) is 0 Å². The van der Waals surface area contributed by atoms with Crippen LogP contribution in [0.25, 0.3) is 0 Å². The maximum Gasteiger partial charge on any atom is 0.280 e. The van der Waals surface area contributed by atoms with Crippen molar-refractivity contribution in [3.05, 3.63) is 88.7 Å². The lowest BCUT2D eigenvalue weighted by atomic mass is 10.2. The first-order valence-electron chi connectivity index (χ1n) is 10.8. The van der Waals surface area contributed by atoms with Crippen LogP contribution in [-0.4, -0.2) is 60.6 Å². The molecule has 0 aliphatic carbocycles. The van der Waals surface area contributed by atoms with Gasteiger partial charge in [-0.25, -0.2) is 8.42 Å². The molecule has 8 nitrogen and oxygen atoms in total. The number of anilines is 1. The number of sulfonamides is 1. The number of benzene rings is 2. The van der Waals surface area contributed by atoms with Gasteiger partial charge in [0, 0.05) is 43.1 Å². The van der Waals surface area contributed by atoms with Crippen LogP contribution in [0.1, 0.15) is 26.4 Å². The van der Waals surface area contributed by atoms with Crippen molar-refractivity contribution in [1.29, 1.82) is 0 Å². The van der Waals surface area contributed by atoms with Crippen molar-refractivity contribution in [3.63, 3.8) is 0 Å². The number of nitrogens with zero attached hydrogens (tertiary/aromatic N) is 4. The second-order valence-electron chi connectivity index (χ2n) is 8.11. The Kier molecular flexibility index (Phi) is 5.85. The van der Waals surface area contributed by atoms with Gasteiger partial charge in [0.05, 0.1) is 17.0 Å². The molecule has 0 saturated carbocycles. The van der Waals surface area contributed by atoms with Crippen molar-refractivity contribution in [2.75, 3.05) is 31.1 Å². The van der Waals surface area contributed by atoms with E-state index in [9.17, 15) is 18.0 Å². The summed E-state index contributed by atoms with van der Waals surface area (Å²) >= 11 is 6.07. The van der Waals surface area contributed by atoms with Gasteiger partial charge in [-0.3, -0.25) is 19.5 Å². The standard InChI is InChI=1S/C24H21ClN4O4S/c25-18-3-1-4-19(15-18)27-11-13-28(14-12-27)34(32,33)20-8-6-17(7-9-20)16-29-23(30)21-5-2-10-26-22(21)24(29)31/h1-10,15H,11-14,16H2. The number of carbonyl (C=O) groups excluding carboxylic acids is 2. The Balaban J connectivity index is 1.25. The molecular formula is C24H21ClN4O4S. The highest BCUT2D eigenvalue weighted by molar-refractivity contribution is 7.89. The number of hydrogen-bond donors (Lipinski definition) is 0. The van der Waals surface area contributed by atoms with Gasteiger partial charge < -0.3 is 4.90 Å². The molecule has 2 aliphatic heterocycles. The lowest BCUT2D eigenvalue weighted by molar-refractivity contribution is 0.0640. The second-order valence-corrected chi connectivity index (χ2v) is 10.5. The number of piperazine rings is 1. The molecule has 10 heteroatoms. The van der Waals surface area contributed by atoms with Crippen LogP contribution in [0.15, 0.2) is 71.8 Å². The van der Waals surface area contributed by atoms with E-state index in [1.807, 2.05) is 18.2 Å². The molecule has 1 aromatic heterocycles. The first-order valence-corrected chi connectivity index (χ1v) is 12.6. The van der Waals surface area contributed by atoms with E-state index in [1.165, 1.54) is 22.6 Å². The molecule has 1 saturated heterocycles. The van der Waals surface area contributed by atoms with Gasteiger partial charge in [0.1, 0.15) is 5.69 Å². The summed E-state index contributed by atoms with van der Waals surface area (Å²) < 4.78 is 27.8.